The van der Waals surface area contributed by atoms with E-state index in [4.69, 9.17) is 25.4 Å². The second-order valence-electron chi connectivity index (χ2n) is 8.67. The number of carbonyl (C=O) groups excluding carboxylic acids is 2. The predicted octanol–water partition coefficient (Wildman–Crippen LogP) is 3.39. The molecule has 37 heavy (non-hydrogen) atoms. The van der Waals surface area contributed by atoms with Crippen molar-refractivity contribution in [2.24, 2.45) is 10.7 Å². The number of aliphatic imine (C=N–C) groups is 1. The Morgan fingerprint density at radius 3 is 2.30 bits per heavy atom. The largest absolute Gasteiger partial charge is 0.485 e. The molecule has 2 atom stereocenters. The quantitative estimate of drug-likeness (QED) is 0.504. The van der Waals surface area contributed by atoms with Gasteiger partial charge in [-0.15, -0.1) is 0 Å². The van der Waals surface area contributed by atoms with Crippen molar-refractivity contribution in [1.82, 2.24) is 10.2 Å². The smallest absolute Gasteiger partial charge is 0.261 e. The first kappa shape index (κ1) is 27.6. The van der Waals surface area contributed by atoms with E-state index in [-0.39, 0.29) is 24.6 Å². The molecule has 0 aliphatic carbocycles. The number of aliphatic hydroxyl groups excluding tert-OH is 1. The number of guanidine groups is 1. The number of nitrogens with zero attached hydrogens (tertiary/aromatic N) is 2. The molecular formula is C29H34N4O4. The maximum atomic E-state index is 13.5. The standard InChI is InChI=1S/C26H26N4O2.C2H6O.CH2O/c1-28-16-17-8-10-18(11-9-17)20-12-13-22-21(14-20)26(24(31)30(2)25(27)29-26)15-23(32-22)19-6-4-3-5-7-19;1-2-3;1-2/h3-14,23,28H,15-16H2,1-2H3,(H2,27,29);3H,2H2,1H3;1H2. The van der Waals surface area contributed by atoms with Gasteiger partial charge in [0.15, 0.2) is 11.5 Å². The molecule has 2 unspecified atom stereocenters. The average Bonchev–Trinajstić information content (AvgIpc) is 3.15. The Bertz CT molecular complexity index is 1230. The first-order valence-electron chi connectivity index (χ1n) is 12.1. The van der Waals surface area contributed by atoms with Crippen LogP contribution in [0, 0.1) is 0 Å². The van der Waals surface area contributed by atoms with Crippen LogP contribution in [0.2, 0.25) is 0 Å². The molecular weight excluding hydrogens is 468 g/mol. The van der Waals surface area contributed by atoms with Crippen LogP contribution in [-0.4, -0.2) is 49.4 Å². The second kappa shape index (κ2) is 12.3. The van der Waals surface area contributed by atoms with E-state index in [0.29, 0.717) is 12.2 Å². The molecule has 0 fully saturated rings. The summed E-state index contributed by atoms with van der Waals surface area (Å²) in [5, 5.41) is 10.7. The number of nitrogens with two attached hydrogens (primary N) is 1. The fourth-order valence-corrected chi connectivity index (χ4v) is 4.59. The molecule has 0 aromatic heterocycles. The van der Waals surface area contributed by atoms with Crippen molar-refractivity contribution in [3.8, 4) is 16.9 Å². The van der Waals surface area contributed by atoms with Gasteiger partial charge in [-0.3, -0.25) is 9.69 Å². The molecule has 2 aliphatic heterocycles. The highest BCUT2D eigenvalue weighted by molar-refractivity contribution is 6.07. The lowest BCUT2D eigenvalue weighted by molar-refractivity contribution is -0.132. The minimum Gasteiger partial charge on any atom is -0.485 e. The van der Waals surface area contributed by atoms with Crippen LogP contribution in [0.4, 0.5) is 0 Å². The van der Waals surface area contributed by atoms with Crippen molar-refractivity contribution in [2.45, 2.75) is 31.5 Å². The van der Waals surface area contributed by atoms with Crippen LogP contribution < -0.4 is 15.8 Å². The highest BCUT2D eigenvalue weighted by Gasteiger charge is 2.53. The van der Waals surface area contributed by atoms with Crippen LogP contribution in [0.5, 0.6) is 5.75 Å². The third-order valence-corrected chi connectivity index (χ3v) is 6.32. The summed E-state index contributed by atoms with van der Waals surface area (Å²) < 4.78 is 6.38. The van der Waals surface area contributed by atoms with Gasteiger partial charge < -0.3 is 25.7 Å². The van der Waals surface area contributed by atoms with E-state index >= 15 is 0 Å². The number of amides is 1. The monoisotopic (exact) mass is 502 g/mol. The molecule has 0 radical (unpaired) electrons. The van der Waals surface area contributed by atoms with Crippen molar-refractivity contribution in [1.29, 1.82) is 0 Å². The predicted molar refractivity (Wildman–Crippen MR) is 145 cm³/mol. The van der Waals surface area contributed by atoms with E-state index in [2.05, 4.69) is 29.6 Å². The van der Waals surface area contributed by atoms with Gasteiger partial charge in [-0.05, 0) is 48.4 Å². The average molecular weight is 503 g/mol. The summed E-state index contributed by atoms with van der Waals surface area (Å²) in [6.45, 7) is 4.75. The molecule has 3 aromatic rings. The van der Waals surface area contributed by atoms with Gasteiger partial charge >= 0.3 is 0 Å². The first-order valence-corrected chi connectivity index (χ1v) is 12.1. The number of nitrogens with one attached hydrogen (secondary N) is 1. The zero-order chi connectivity index (χ0) is 27.0. The van der Waals surface area contributed by atoms with E-state index < -0.39 is 5.54 Å². The number of hydrogen-bond donors (Lipinski definition) is 3. The van der Waals surface area contributed by atoms with Crippen molar-refractivity contribution in [3.63, 3.8) is 0 Å². The molecule has 194 valence electrons. The Hall–Kier alpha value is -4.01. The number of ether oxygens (including phenoxy) is 1. The minimum atomic E-state index is -1.09. The Labute approximate surface area is 217 Å². The highest BCUT2D eigenvalue weighted by atomic mass is 16.5. The lowest BCUT2D eigenvalue weighted by Gasteiger charge is -2.37. The number of fused-ring (bicyclic) bond motifs is 2. The van der Waals surface area contributed by atoms with Gasteiger partial charge in [0.25, 0.3) is 5.91 Å². The molecule has 5 rings (SSSR count). The fraction of sp³-hybridized carbons (Fsp3) is 0.276. The number of rotatable bonds is 4. The molecule has 2 aliphatic rings. The molecule has 3 aromatic carbocycles. The summed E-state index contributed by atoms with van der Waals surface area (Å²) in [6, 6.07) is 24.3. The van der Waals surface area contributed by atoms with Gasteiger partial charge in [-0.2, -0.15) is 0 Å². The number of benzene rings is 3. The molecule has 8 heteroatoms. The van der Waals surface area contributed by atoms with Crippen molar-refractivity contribution < 1.29 is 19.4 Å². The number of aliphatic hydroxyl groups is 1. The highest BCUT2D eigenvalue weighted by Crippen LogP contribution is 2.50. The lowest BCUT2D eigenvalue weighted by Crippen LogP contribution is -2.43. The van der Waals surface area contributed by atoms with Crippen LogP contribution in [0.25, 0.3) is 11.1 Å². The zero-order valence-corrected chi connectivity index (χ0v) is 21.5. The van der Waals surface area contributed by atoms with Crippen LogP contribution >= 0.6 is 0 Å². The van der Waals surface area contributed by atoms with Gasteiger partial charge in [-0.25, -0.2) is 4.99 Å². The van der Waals surface area contributed by atoms with Crippen molar-refractivity contribution >= 4 is 18.7 Å². The number of likely N-dealkylation sites (N-methyl/N-ethyl adjacent to an activating group) is 1. The Kier molecular flexibility index (Phi) is 9.16. The van der Waals surface area contributed by atoms with E-state index in [0.717, 1.165) is 28.8 Å². The Balaban J connectivity index is 0.000000711. The summed E-state index contributed by atoms with van der Waals surface area (Å²) in [4.78, 5) is 27.6. The third-order valence-electron chi connectivity index (χ3n) is 6.32. The summed E-state index contributed by atoms with van der Waals surface area (Å²) >= 11 is 0. The molecule has 4 N–H and O–H groups in total. The fourth-order valence-electron chi connectivity index (χ4n) is 4.59. The van der Waals surface area contributed by atoms with Crippen molar-refractivity contribution in [3.05, 3.63) is 89.5 Å². The third kappa shape index (κ3) is 5.55. The maximum absolute atomic E-state index is 13.5. The molecule has 1 amide bonds. The van der Waals surface area contributed by atoms with E-state index in [1.807, 2.05) is 62.4 Å². The van der Waals surface area contributed by atoms with E-state index in [9.17, 15) is 4.79 Å². The second-order valence-corrected chi connectivity index (χ2v) is 8.67. The van der Waals surface area contributed by atoms with Gasteiger partial charge in [0.2, 0.25) is 0 Å². The molecule has 1 spiro atoms. The summed E-state index contributed by atoms with van der Waals surface area (Å²) in [5.74, 6) is 0.777. The van der Waals surface area contributed by atoms with E-state index in [1.165, 1.54) is 10.5 Å². The SMILES string of the molecule is C=O.CCO.CNCc1ccc(-c2ccc3c(c2)C2(CC(c4ccccc4)O3)N=C(N)N(C)C2=O)cc1. The maximum Gasteiger partial charge on any atom is 0.261 e. The number of carbonyl (C=O) groups is 2. The summed E-state index contributed by atoms with van der Waals surface area (Å²) in [6.07, 6.45) is 0.112. The normalized spacial score (nSPS) is 19.6. The summed E-state index contributed by atoms with van der Waals surface area (Å²) in [7, 11) is 3.61. The molecule has 8 nitrogen and oxygen atoms in total. The molecule has 2 heterocycles. The molecule has 0 saturated carbocycles. The summed E-state index contributed by atoms with van der Waals surface area (Å²) in [5.41, 5.74) is 10.1. The van der Waals surface area contributed by atoms with Crippen LogP contribution in [0.1, 0.15) is 36.1 Å². The first-order chi connectivity index (χ1) is 17.9. The van der Waals surface area contributed by atoms with Gasteiger partial charge in [0.05, 0.1) is 0 Å². The number of hydrogen-bond acceptors (Lipinski definition) is 7. The van der Waals surface area contributed by atoms with Crippen LogP contribution in [0.3, 0.4) is 0 Å². The topological polar surface area (TPSA) is 117 Å². The minimum absolute atomic E-state index is 0.123. The van der Waals surface area contributed by atoms with Crippen LogP contribution in [0.15, 0.2) is 77.8 Å². The van der Waals surface area contributed by atoms with Gasteiger partial charge in [-0.1, -0.05) is 60.7 Å². The van der Waals surface area contributed by atoms with Crippen LogP contribution in [-0.2, 0) is 21.7 Å². The zero-order valence-electron chi connectivity index (χ0n) is 21.5. The van der Waals surface area contributed by atoms with Crippen molar-refractivity contribution in [2.75, 3.05) is 20.7 Å². The van der Waals surface area contributed by atoms with Gasteiger partial charge in [0, 0.05) is 32.2 Å². The Morgan fingerprint density at radius 2 is 1.73 bits per heavy atom. The molecule has 0 saturated heterocycles. The van der Waals surface area contributed by atoms with Gasteiger partial charge in [0.1, 0.15) is 18.6 Å². The Morgan fingerprint density at radius 1 is 1.11 bits per heavy atom. The molecule has 0 bridgehead atoms. The van der Waals surface area contributed by atoms with E-state index in [1.54, 1.807) is 14.0 Å². The lowest BCUT2D eigenvalue weighted by atomic mass is 9.79.